The van der Waals surface area contributed by atoms with E-state index in [4.69, 9.17) is 9.47 Å². The van der Waals surface area contributed by atoms with Gasteiger partial charge in [0.2, 0.25) is 0 Å². The predicted molar refractivity (Wildman–Crippen MR) is 102 cm³/mol. The Balaban J connectivity index is 1.80. The zero-order chi connectivity index (χ0) is 18.4. The maximum Gasteiger partial charge on any atom is 0.343 e. The molecule has 0 atom stereocenters. The molecule has 0 saturated heterocycles. The minimum Gasteiger partial charge on any atom is -0.493 e. The van der Waals surface area contributed by atoms with Gasteiger partial charge in [-0.1, -0.05) is 36.4 Å². The minimum atomic E-state index is -0.404. The number of aryl methyl sites for hydroxylation is 1. The standard InChI is InChI=1S/C22H19NO3/c1-16-7-3-4-9-19(16)22(24)26-20-13-11-17(15-21(20)25-2)10-12-18-8-5-6-14-23-18/h3-15H,1-2H3/b12-10+. The van der Waals surface area contributed by atoms with Gasteiger partial charge in [-0.2, -0.15) is 0 Å². The molecule has 2 aromatic carbocycles. The number of carbonyl (C=O) groups is 1. The number of nitrogens with zero attached hydrogens (tertiary/aromatic N) is 1. The van der Waals surface area contributed by atoms with Crippen LogP contribution < -0.4 is 9.47 Å². The molecular formula is C22H19NO3. The fourth-order valence-corrected chi connectivity index (χ4v) is 2.49. The average Bonchev–Trinajstić information content (AvgIpc) is 2.68. The molecule has 0 N–H and O–H groups in total. The van der Waals surface area contributed by atoms with E-state index in [1.807, 2.05) is 67.6 Å². The van der Waals surface area contributed by atoms with Gasteiger partial charge >= 0.3 is 5.97 Å². The second-order valence-corrected chi connectivity index (χ2v) is 5.70. The number of methoxy groups -OCH3 is 1. The van der Waals surface area contributed by atoms with E-state index in [1.165, 1.54) is 0 Å². The topological polar surface area (TPSA) is 48.4 Å². The fourth-order valence-electron chi connectivity index (χ4n) is 2.49. The molecule has 0 aliphatic heterocycles. The van der Waals surface area contributed by atoms with Crippen molar-refractivity contribution in [3.63, 3.8) is 0 Å². The number of ether oxygens (including phenoxy) is 2. The second kappa shape index (κ2) is 8.12. The maximum absolute atomic E-state index is 12.4. The van der Waals surface area contributed by atoms with Gasteiger partial charge in [0.25, 0.3) is 0 Å². The Morgan fingerprint density at radius 2 is 1.77 bits per heavy atom. The first-order chi connectivity index (χ1) is 12.7. The van der Waals surface area contributed by atoms with Crippen LogP contribution in [0.5, 0.6) is 11.5 Å². The summed E-state index contributed by atoms with van der Waals surface area (Å²) in [6, 6.07) is 18.5. The maximum atomic E-state index is 12.4. The zero-order valence-electron chi connectivity index (χ0n) is 14.7. The molecule has 1 aromatic heterocycles. The van der Waals surface area contributed by atoms with Crippen molar-refractivity contribution in [3.8, 4) is 11.5 Å². The van der Waals surface area contributed by atoms with Gasteiger partial charge in [0.15, 0.2) is 11.5 Å². The zero-order valence-corrected chi connectivity index (χ0v) is 14.7. The quantitative estimate of drug-likeness (QED) is 0.493. The molecule has 0 bridgehead atoms. The SMILES string of the molecule is COc1cc(/C=C/c2ccccn2)ccc1OC(=O)c1ccccc1C. The largest absolute Gasteiger partial charge is 0.493 e. The van der Waals surface area contributed by atoms with E-state index >= 15 is 0 Å². The Morgan fingerprint density at radius 1 is 0.962 bits per heavy atom. The summed E-state index contributed by atoms with van der Waals surface area (Å²) >= 11 is 0. The monoisotopic (exact) mass is 345 g/mol. The Hall–Kier alpha value is -3.40. The number of carbonyl (C=O) groups excluding carboxylic acids is 1. The lowest BCUT2D eigenvalue weighted by molar-refractivity contribution is 0.0729. The summed E-state index contributed by atoms with van der Waals surface area (Å²) < 4.78 is 10.9. The Kier molecular flexibility index (Phi) is 5.44. The first-order valence-corrected chi connectivity index (χ1v) is 8.22. The van der Waals surface area contributed by atoms with Crippen LogP contribution in [-0.4, -0.2) is 18.1 Å². The molecule has 0 fully saturated rings. The van der Waals surface area contributed by atoms with Gasteiger partial charge in [-0.25, -0.2) is 4.79 Å². The summed E-state index contributed by atoms with van der Waals surface area (Å²) in [5, 5.41) is 0. The number of rotatable bonds is 5. The highest BCUT2D eigenvalue weighted by Crippen LogP contribution is 2.29. The lowest BCUT2D eigenvalue weighted by atomic mass is 10.1. The third-order valence-electron chi connectivity index (χ3n) is 3.89. The van der Waals surface area contributed by atoms with Crippen molar-refractivity contribution in [3.05, 3.63) is 89.2 Å². The molecule has 0 saturated carbocycles. The molecule has 0 radical (unpaired) electrons. The fraction of sp³-hybridized carbons (Fsp3) is 0.0909. The van der Waals surface area contributed by atoms with Gasteiger partial charge in [0, 0.05) is 6.20 Å². The van der Waals surface area contributed by atoms with Gasteiger partial charge in [0.05, 0.1) is 18.4 Å². The van der Waals surface area contributed by atoms with E-state index in [9.17, 15) is 4.79 Å². The van der Waals surface area contributed by atoms with Crippen LogP contribution in [0.25, 0.3) is 12.2 Å². The molecule has 4 nitrogen and oxygen atoms in total. The highest BCUT2D eigenvalue weighted by molar-refractivity contribution is 5.92. The van der Waals surface area contributed by atoms with Crippen LogP contribution in [0.2, 0.25) is 0 Å². The molecule has 0 unspecified atom stereocenters. The molecule has 26 heavy (non-hydrogen) atoms. The molecular weight excluding hydrogens is 326 g/mol. The number of aromatic nitrogens is 1. The van der Waals surface area contributed by atoms with Crippen molar-refractivity contribution in [2.24, 2.45) is 0 Å². The summed E-state index contributed by atoms with van der Waals surface area (Å²) in [5.41, 5.74) is 3.18. The molecule has 3 rings (SSSR count). The number of benzene rings is 2. The van der Waals surface area contributed by atoms with Crippen LogP contribution in [-0.2, 0) is 0 Å². The van der Waals surface area contributed by atoms with Crippen LogP contribution in [0, 0.1) is 6.92 Å². The highest BCUT2D eigenvalue weighted by atomic mass is 16.6. The van der Waals surface area contributed by atoms with Crippen molar-refractivity contribution in [1.82, 2.24) is 4.98 Å². The van der Waals surface area contributed by atoms with E-state index < -0.39 is 5.97 Å². The first-order valence-electron chi connectivity index (χ1n) is 8.22. The van der Waals surface area contributed by atoms with E-state index in [-0.39, 0.29) is 0 Å². The van der Waals surface area contributed by atoms with Crippen LogP contribution in [0.3, 0.4) is 0 Å². The molecule has 0 aliphatic carbocycles. The van der Waals surface area contributed by atoms with Crippen LogP contribution in [0.15, 0.2) is 66.9 Å². The third kappa shape index (κ3) is 4.16. The van der Waals surface area contributed by atoms with Gasteiger partial charge in [-0.3, -0.25) is 4.98 Å². The number of esters is 1. The summed E-state index contributed by atoms with van der Waals surface area (Å²) in [6.07, 6.45) is 5.58. The molecule has 3 aromatic rings. The normalized spacial score (nSPS) is 10.7. The van der Waals surface area contributed by atoms with Crippen molar-refractivity contribution in [2.75, 3.05) is 7.11 Å². The highest BCUT2D eigenvalue weighted by Gasteiger charge is 2.14. The van der Waals surface area contributed by atoms with Crippen LogP contribution in [0.1, 0.15) is 27.2 Å². The smallest absolute Gasteiger partial charge is 0.343 e. The number of pyridine rings is 1. The lowest BCUT2D eigenvalue weighted by Crippen LogP contribution is -2.10. The minimum absolute atomic E-state index is 0.385. The lowest BCUT2D eigenvalue weighted by Gasteiger charge is -2.11. The Labute approximate surface area is 152 Å². The van der Waals surface area contributed by atoms with Gasteiger partial charge < -0.3 is 9.47 Å². The molecule has 130 valence electrons. The number of hydrogen-bond acceptors (Lipinski definition) is 4. The molecule has 0 spiro atoms. The second-order valence-electron chi connectivity index (χ2n) is 5.70. The Bertz CT molecular complexity index is 933. The predicted octanol–water partition coefficient (Wildman–Crippen LogP) is 4.79. The van der Waals surface area contributed by atoms with Crippen molar-refractivity contribution in [1.29, 1.82) is 0 Å². The van der Waals surface area contributed by atoms with Crippen molar-refractivity contribution in [2.45, 2.75) is 6.92 Å². The first kappa shape index (κ1) is 17.4. The van der Waals surface area contributed by atoms with Gasteiger partial charge in [-0.05, 0) is 54.5 Å². The molecule has 1 heterocycles. The summed E-state index contributed by atoms with van der Waals surface area (Å²) in [6.45, 7) is 1.87. The third-order valence-corrected chi connectivity index (χ3v) is 3.89. The van der Waals surface area contributed by atoms with E-state index in [1.54, 1.807) is 25.4 Å². The molecule has 0 aliphatic rings. The van der Waals surface area contributed by atoms with Gasteiger partial charge in [0.1, 0.15) is 0 Å². The summed E-state index contributed by atoms with van der Waals surface area (Å²) in [4.78, 5) is 16.6. The molecule has 4 heteroatoms. The number of hydrogen-bond donors (Lipinski definition) is 0. The summed E-state index contributed by atoms with van der Waals surface area (Å²) in [7, 11) is 1.55. The Morgan fingerprint density at radius 3 is 2.50 bits per heavy atom. The van der Waals surface area contributed by atoms with E-state index in [0.29, 0.717) is 17.1 Å². The van der Waals surface area contributed by atoms with E-state index in [0.717, 1.165) is 16.8 Å². The van der Waals surface area contributed by atoms with Crippen LogP contribution in [0.4, 0.5) is 0 Å². The molecule has 0 amide bonds. The van der Waals surface area contributed by atoms with Gasteiger partial charge in [-0.15, -0.1) is 0 Å². The van der Waals surface area contributed by atoms with Crippen LogP contribution >= 0.6 is 0 Å². The summed E-state index contributed by atoms with van der Waals surface area (Å²) in [5.74, 6) is 0.476. The van der Waals surface area contributed by atoms with E-state index in [2.05, 4.69) is 4.98 Å². The van der Waals surface area contributed by atoms with Crippen molar-refractivity contribution < 1.29 is 14.3 Å². The average molecular weight is 345 g/mol. The van der Waals surface area contributed by atoms with Crippen molar-refractivity contribution >= 4 is 18.1 Å².